The van der Waals surface area contributed by atoms with Crippen molar-refractivity contribution >= 4 is 17.7 Å². The minimum Gasteiger partial charge on any atom is -0.492 e. The maximum atomic E-state index is 12.2. The maximum Gasteiger partial charge on any atom is 0.270 e. The monoisotopic (exact) mass is 335 g/mol. The molecule has 1 amide bonds. The summed E-state index contributed by atoms with van der Waals surface area (Å²) in [6, 6.07) is 16.3. The van der Waals surface area contributed by atoms with Crippen molar-refractivity contribution in [3.05, 3.63) is 72.7 Å². The largest absolute Gasteiger partial charge is 0.492 e. The number of benzene rings is 1. The number of anilines is 2. The van der Waals surface area contributed by atoms with Gasteiger partial charge in [0.1, 0.15) is 23.9 Å². The van der Waals surface area contributed by atoms with Crippen molar-refractivity contribution in [2.24, 2.45) is 0 Å². The molecule has 0 saturated carbocycles. The molecule has 0 radical (unpaired) electrons. The fourth-order valence-corrected chi connectivity index (χ4v) is 2.05. The van der Waals surface area contributed by atoms with Crippen molar-refractivity contribution in [1.29, 1.82) is 0 Å². The highest BCUT2D eigenvalue weighted by atomic mass is 16.5. The van der Waals surface area contributed by atoms with Gasteiger partial charge in [0, 0.05) is 12.4 Å². The molecular formula is C18H17N5O2. The topological polar surface area (TPSA) is 89.0 Å². The van der Waals surface area contributed by atoms with E-state index in [1.165, 1.54) is 0 Å². The van der Waals surface area contributed by atoms with Gasteiger partial charge in [-0.15, -0.1) is 0 Å². The van der Waals surface area contributed by atoms with Gasteiger partial charge in [-0.3, -0.25) is 4.79 Å². The maximum absolute atomic E-state index is 12.2. The zero-order valence-electron chi connectivity index (χ0n) is 13.4. The lowest BCUT2D eigenvalue weighted by atomic mass is 10.3. The van der Waals surface area contributed by atoms with Crippen LogP contribution in [0.15, 0.2) is 67.0 Å². The molecule has 126 valence electrons. The van der Waals surface area contributed by atoms with Crippen LogP contribution in [0.2, 0.25) is 0 Å². The van der Waals surface area contributed by atoms with Gasteiger partial charge < -0.3 is 15.4 Å². The SMILES string of the molecule is O=C(NCCOc1ccccc1)c1cccc(Nc2ncccn2)n1. The third-order valence-electron chi connectivity index (χ3n) is 3.19. The molecule has 0 saturated heterocycles. The van der Waals surface area contributed by atoms with Gasteiger partial charge in [0.25, 0.3) is 5.91 Å². The van der Waals surface area contributed by atoms with Crippen LogP contribution in [-0.2, 0) is 0 Å². The first-order chi connectivity index (χ1) is 12.3. The summed E-state index contributed by atoms with van der Waals surface area (Å²) in [6.07, 6.45) is 3.25. The summed E-state index contributed by atoms with van der Waals surface area (Å²) < 4.78 is 5.53. The number of ether oxygens (including phenoxy) is 1. The van der Waals surface area contributed by atoms with E-state index in [0.717, 1.165) is 5.75 Å². The van der Waals surface area contributed by atoms with Crippen molar-refractivity contribution < 1.29 is 9.53 Å². The summed E-state index contributed by atoms with van der Waals surface area (Å²) in [5, 5.41) is 5.72. The summed E-state index contributed by atoms with van der Waals surface area (Å²) in [6.45, 7) is 0.764. The predicted molar refractivity (Wildman–Crippen MR) is 93.8 cm³/mol. The fraction of sp³-hybridized carbons (Fsp3) is 0.111. The zero-order valence-corrected chi connectivity index (χ0v) is 13.4. The predicted octanol–water partition coefficient (Wildman–Crippen LogP) is 2.42. The number of nitrogens with one attached hydrogen (secondary N) is 2. The van der Waals surface area contributed by atoms with Gasteiger partial charge in [-0.05, 0) is 30.3 Å². The standard InChI is InChI=1S/C18H17N5O2/c24-17(19-12-13-25-14-6-2-1-3-7-14)15-8-4-9-16(22-15)23-18-20-10-5-11-21-18/h1-11H,12-13H2,(H,19,24)(H,20,21,22,23). The Balaban J connectivity index is 1.51. The van der Waals surface area contributed by atoms with Crippen molar-refractivity contribution in [3.8, 4) is 5.75 Å². The van der Waals surface area contributed by atoms with Crippen LogP contribution in [0.25, 0.3) is 0 Å². The number of carbonyl (C=O) groups is 1. The molecule has 0 fully saturated rings. The Morgan fingerprint density at radius 3 is 2.56 bits per heavy atom. The van der Waals surface area contributed by atoms with E-state index in [1.807, 2.05) is 30.3 Å². The van der Waals surface area contributed by atoms with E-state index in [1.54, 1.807) is 36.7 Å². The van der Waals surface area contributed by atoms with Crippen molar-refractivity contribution in [2.45, 2.75) is 0 Å². The highest BCUT2D eigenvalue weighted by Gasteiger charge is 2.08. The van der Waals surface area contributed by atoms with Gasteiger partial charge in [0.05, 0.1) is 6.54 Å². The first-order valence-corrected chi connectivity index (χ1v) is 7.78. The number of rotatable bonds is 7. The molecule has 2 aromatic heterocycles. The summed E-state index contributed by atoms with van der Waals surface area (Å²) in [4.78, 5) is 24.6. The van der Waals surface area contributed by atoms with Gasteiger partial charge in [-0.2, -0.15) is 0 Å². The third-order valence-corrected chi connectivity index (χ3v) is 3.19. The molecule has 25 heavy (non-hydrogen) atoms. The number of hydrogen-bond acceptors (Lipinski definition) is 6. The van der Waals surface area contributed by atoms with E-state index in [0.29, 0.717) is 30.6 Å². The van der Waals surface area contributed by atoms with Gasteiger partial charge in [-0.25, -0.2) is 15.0 Å². The third kappa shape index (κ3) is 5.00. The van der Waals surface area contributed by atoms with Crippen LogP contribution in [-0.4, -0.2) is 34.0 Å². The number of para-hydroxylation sites is 1. The van der Waals surface area contributed by atoms with E-state index >= 15 is 0 Å². The number of hydrogen-bond donors (Lipinski definition) is 2. The molecule has 7 heteroatoms. The van der Waals surface area contributed by atoms with Crippen LogP contribution in [0, 0.1) is 0 Å². The second-order valence-electron chi connectivity index (χ2n) is 5.02. The molecule has 2 N–H and O–H groups in total. The minimum atomic E-state index is -0.269. The highest BCUT2D eigenvalue weighted by Crippen LogP contribution is 2.10. The van der Waals surface area contributed by atoms with Crippen LogP contribution in [0.5, 0.6) is 5.75 Å². The summed E-state index contributed by atoms with van der Waals surface area (Å²) in [5.41, 5.74) is 0.306. The molecule has 2 heterocycles. The second kappa shape index (κ2) is 8.39. The van der Waals surface area contributed by atoms with Crippen molar-refractivity contribution in [3.63, 3.8) is 0 Å². The molecular weight excluding hydrogens is 318 g/mol. The molecule has 3 aromatic rings. The Morgan fingerprint density at radius 1 is 0.960 bits per heavy atom. The lowest BCUT2D eigenvalue weighted by Crippen LogP contribution is -2.28. The molecule has 7 nitrogen and oxygen atoms in total. The van der Waals surface area contributed by atoms with Crippen LogP contribution < -0.4 is 15.4 Å². The Bertz CT molecular complexity index is 812. The Morgan fingerprint density at radius 2 is 1.76 bits per heavy atom. The van der Waals surface area contributed by atoms with E-state index in [2.05, 4.69) is 25.6 Å². The number of pyridine rings is 1. The molecule has 0 atom stereocenters. The number of aromatic nitrogens is 3. The Kier molecular flexibility index (Phi) is 5.50. The Labute approximate surface area is 145 Å². The highest BCUT2D eigenvalue weighted by molar-refractivity contribution is 5.92. The minimum absolute atomic E-state index is 0.269. The molecule has 1 aromatic carbocycles. The lowest BCUT2D eigenvalue weighted by molar-refractivity contribution is 0.0942. The van der Waals surface area contributed by atoms with Gasteiger partial charge >= 0.3 is 0 Å². The average molecular weight is 335 g/mol. The first kappa shape index (κ1) is 16.4. The molecule has 0 bridgehead atoms. The van der Waals surface area contributed by atoms with Crippen LogP contribution in [0.4, 0.5) is 11.8 Å². The summed E-state index contributed by atoms with van der Waals surface area (Å²) in [5.74, 6) is 1.42. The van der Waals surface area contributed by atoms with Crippen LogP contribution in [0.3, 0.4) is 0 Å². The van der Waals surface area contributed by atoms with E-state index in [4.69, 9.17) is 4.74 Å². The second-order valence-corrected chi connectivity index (χ2v) is 5.02. The zero-order chi connectivity index (χ0) is 17.3. The van der Waals surface area contributed by atoms with Crippen LogP contribution in [0.1, 0.15) is 10.5 Å². The Hall–Kier alpha value is -3.48. The van der Waals surface area contributed by atoms with Crippen molar-refractivity contribution in [1.82, 2.24) is 20.3 Å². The van der Waals surface area contributed by atoms with Crippen LogP contribution >= 0.6 is 0 Å². The summed E-state index contributed by atoms with van der Waals surface area (Å²) >= 11 is 0. The smallest absolute Gasteiger partial charge is 0.270 e. The van der Waals surface area contributed by atoms with Gasteiger partial charge in [-0.1, -0.05) is 24.3 Å². The van der Waals surface area contributed by atoms with E-state index in [-0.39, 0.29) is 5.91 Å². The number of nitrogens with zero attached hydrogens (tertiary/aromatic N) is 3. The van der Waals surface area contributed by atoms with Crippen molar-refractivity contribution in [2.75, 3.05) is 18.5 Å². The number of amides is 1. The molecule has 0 aliphatic carbocycles. The molecule has 0 aliphatic heterocycles. The van der Waals surface area contributed by atoms with E-state index in [9.17, 15) is 4.79 Å². The number of carbonyl (C=O) groups excluding carboxylic acids is 1. The molecule has 0 aliphatic rings. The van der Waals surface area contributed by atoms with Gasteiger partial charge in [0.15, 0.2) is 0 Å². The van der Waals surface area contributed by atoms with Gasteiger partial charge in [0.2, 0.25) is 5.95 Å². The fourth-order valence-electron chi connectivity index (χ4n) is 2.05. The quantitative estimate of drug-likeness (QED) is 0.645. The molecule has 0 spiro atoms. The summed E-state index contributed by atoms with van der Waals surface area (Å²) in [7, 11) is 0. The van der Waals surface area contributed by atoms with E-state index < -0.39 is 0 Å². The average Bonchev–Trinajstić information content (AvgIpc) is 2.67. The molecule has 0 unspecified atom stereocenters. The first-order valence-electron chi connectivity index (χ1n) is 7.78. The molecule has 3 rings (SSSR count). The lowest BCUT2D eigenvalue weighted by Gasteiger charge is -2.08. The normalized spacial score (nSPS) is 10.1.